The molecule has 1 aliphatic rings. The minimum Gasteiger partial charge on any atom is -0.236 e. The summed E-state index contributed by atoms with van der Waals surface area (Å²) in [6.45, 7) is 4.22. The zero-order valence-corrected chi connectivity index (χ0v) is 7.23. The third-order valence-electron chi connectivity index (χ3n) is 1.83. The van der Waals surface area contributed by atoms with Gasteiger partial charge in [0.15, 0.2) is 5.82 Å². The second-order valence-electron chi connectivity index (χ2n) is 3.53. The molecular weight excluding hydrogens is 150 g/mol. The number of nitrogens with zero attached hydrogens (tertiary/aromatic N) is 3. The topological polar surface area (TPSA) is 30.2 Å². The summed E-state index contributed by atoms with van der Waals surface area (Å²) < 4.78 is 1.77. The molecule has 0 unspecified atom stereocenters. The van der Waals surface area contributed by atoms with Gasteiger partial charge >= 0.3 is 0 Å². The van der Waals surface area contributed by atoms with Crippen molar-refractivity contribution in [2.24, 2.45) is 10.5 Å². The van der Waals surface area contributed by atoms with E-state index in [4.69, 9.17) is 0 Å². The fraction of sp³-hybridized carbons (Fsp3) is 0.333. The normalized spacial score (nSPS) is 18.8. The molecule has 0 fully saturated rings. The Balaban J connectivity index is 2.49. The van der Waals surface area contributed by atoms with Gasteiger partial charge in [0.25, 0.3) is 0 Å². The van der Waals surface area contributed by atoms with E-state index in [1.807, 2.05) is 18.5 Å². The molecule has 3 nitrogen and oxygen atoms in total. The largest absolute Gasteiger partial charge is 0.236 e. The molecule has 1 aromatic heterocycles. The van der Waals surface area contributed by atoms with E-state index in [1.165, 1.54) is 0 Å². The molecule has 1 aliphatic heterocycles. The van der Waals surface area contributed by atoms with Crippen molar-refractivity contribution in [3.8, 4) is 0 Å². The molecular formula is C9H11N3. The molecule has 0 amide bonds. The molecule has 2 heterocycles. The van der Waals surface area contributed by atoms with E-state index < -0.39 is 0 Å². The van der Waals surface area contributed by atoms with E-state index in [1.54, 1.807) is 10.9 Å². The highest BCUT2D eigenvalue weighted by Gasteiger charge is 2.13. The van der Waals surface area contributed by atoms with Crippen molar-refractivity contribution < 1.29 is 0 Å². The predicted molar refractivity (Wildman–Crippen MR) is 48.9 cm³/mol. The second kappa shape index (κ2) is 2.30. The van der Waals surface area contributed by atoms with Crippen LogP contribution in [0, 0.1) is 5.41 Å². The molecule has 0 N–H and O–H groups in total. The number of aromatic nitrogens is 2. The first-order chi connectivity index (χ1) is 5.67. The number of fused-ring (bicyclic) bond motifs is 1. The maximum atomic E-state index is 4.27. The minimum atomic E-state index is 0.0285. The van der Waals surface area contributed by atoms with E-state index >= 15 is 0 Å². The Kier molecular flexibility index (Phi) is 1.40. The van der Waals surface area contributed by atoms with Crippen LogP contribution in [0.25, 0.3) is 6.08 Å². The molecule has 0 radical (unpaired) electrons. The van der Waals surface area contributed by atoms with Gasteiger partial charge < -0.3 is 0 Å². The Morgan fingerprint density at radius 3 is 3.08 bits per heavy atom. The number of allylic oxidation sites excluding steroid dienone is 1. The average Bonchev–Trinajstić information content (AvgIpc) is 2.40. The minimum absolute atomic E-state index is 0.0285. The Labute approximate surface area is 71.4 Å². The quantitative estimate of drug-likeness (QED) is 0.570. The lowest BCUT2D eigenvalue weighted by Gasteiger charge is -2.10. The summed E-state index contributed by atoms with van der Waals surface area (Å²) >= 11 is 0. The van der Waals surface area contributed by atoms with Gasteiger partial charge in [-0.3, -0.25) is 0 Å². The molecule has 3 heteroatoms. The number of imidazole rings is 1. The third-order valence-corrected chi connectivity index (χ3v) is 1.83. The molecule has 0 aromatic carbocycles. The maximum absolute atomic E-state index is 4.27. The molecule has 1 aromatic rings. The summed E-state index contributed by atoms with van der Waals surface area (Å²) in [5.74, 6) is 0.886. The Hall–Kier alpha value is -1.38. The van der Waals surface area contributed by atoms with Crippen molar-refractivity contribution in [1.82, 2.24) is 9.66 Å². The van der Waals surface area contributed by atoms with Crippen LogP contribution in [0.15, 0.2) is 23.6 Å². The number of hydrogen-bond donors (Lipinski definition) is 0. The molecule has 62 valence electrons. The summed E-state index contributed by atoms with van der Waals surface area (Å²) in [5.41, 5.74) is 0.0285. The van der Waals surface area contributed by atoms with Gasteiger partial charge in [0, 0.05) is 24.0 Å². The number of hydrogen-bond acceptors (Lipinski definition) is 2. The molecule has 0 bridgehead atoms. The fourth-order valence-corrected chi connectivity index (χ4v) is 1.07. The monoisotopic (exact) mass is 161 g/mol. The van der Waals surface area contributed by atoms with Crippen molar-refractivity contribution in [2.75, 3.05) is 0 Å². The average molecular weight is 161 g/mol. The SMILES string of the molecule is CC1(C)C=Cc2nccn2N=C1. The van der Waals surface area contributed by atoms with E-state index in [9.17, 15) is 0 Å². The van der Waals surface area contributed by atoms with Gasteiger partial charge in [-0.25, -0.2) is 9.66 Å². The Morgan fingerprint density at radius 2 is 2.25 bits per heavy atom. The predicted octanol–water partition coefficient (Wildman–Crippen LogP) is 1.77. The van der Waals surface area contributed by atoms with Crippen LogP contribution in [-0.2, 0) is 0 Å². The highest BCUT2D eigenvalue weighted by atomic mass is 15.4. The highest BCUT2D eigenvalue weighted by Crippen LogP contribution is 2.18. The zero-order valence-electron chi connectivity index (χ0n) is 7.23. The van der Waals surface area contributed by atoms with Crippen LogP contribution in [0.5, 0.6) is 0 Å². The van der Waals surface area contributed by atoms with Crippen molar-refractivity contribution in [2.45, 2.75) is 13.8 Å². The van der Waals surface area contributed by atoms with E-state index in [0.717, 1.165) is 5.82 Å². The summed E-state index contributed by atoms with van der Waals surface area (Å²) in [6.07, 6.45) is 9.60. The summed E-state index contributed by atoms with van der Waals surface area (Å²) in [7, 11) is 0. The van der Waals surface area contributed by atoms with E-state index in [0.29, 0.717) is 0 Å². The van der Waals surface area contributed by atoms with E-state index in [-0.39, 0.29) is 5.41 Å². The summed E-state index contributed by atoms with van der Waals surface area (Å²) in [4.78, 5) is 4.14. The molecule has 2 rings (SSSR count). The summed E-state index contributed by atoms with van der Waals surface area (Å²) in [6, 6.07) is 0. The van der Waals surface area contributed by atoms with Crippen LogP contribution >= 0.6 is 0 Å². The van der Waals surface area contributed by atoms with Crippen LogP contribution in [0.1, 0.15) is 19.7 Å². The van der Waals surface area contributed by atoms with Crippen molar-refractivity contribution in [3.63, 3.8) is 0 Å². The molecule has 12 heavy (non-hydrogen) atoms. The van der Waals surface area contributed by atoms with E-state index in [2.05, 4.69) is 30.0 Å². The maximum Gasteiger partial charge on any atom is 0.153 e. The van der Waals surface area contributed by atoms with Gasteiger partial charge in [0.1, 0.15) is 0 Å². The fourth-order valence-electron chi connectivity index (χ4n) is 1.07. The summed E-state index contributed by atoms with van der Waals surface area (Å²) in [5, 5.41) is 4.27. The lowest BCUT2D eigenvalue weighted by molar-refractivity contribution is 0.691. The van der Waals surface area contributed by atoms with Crippen molar-refractivity contribution >= 4 is 12.3 Å². The molecule has 0 saturated carbocycles. The van der Waals surface area contributed by atoms with Gasteiger partial charge in [-0.1, -0.05) is 19.9 Å². The van der Waals surface area contributed by atoms with Crippen LogP contribution in [0.2, 0.25) is 0 Å². The first-order valence-electron chi connectivity index (χ1n) is 3.95. The van der Waals surface area contributed by atoms with Gasteiger partial charge in [0.2, 0.25) is 0 Å². The molecule has 0 aliphatic carbocycles. The van der Waals surface area contributed by atoms with Gasteiger partial charge in [0.05, 0.1) is 0 Å². The van der Waals surface area contributed by atoms with Crippen LogP contribution < -0.4 is 0 Å². The first kappa shape index (κ1) is 7.28. The smallest absolute Gasteiger partial charge is 0.153 e. The molecule has 0 atom stereocenters. The lowest BCUT2D eigenvalue weighted by Crippen LogP contribution is -2.07. The van der Waals surface area contributed by atoms with Gasteiger partial charge in [-0.05, 0) is 6.08 Å². The van der Waals surface area contributed by atoms with Crippen LogP contribution in [0.4, 0.5) is 0 Å². The van der Waals surface area contributed by atoms with Crippen LogP contribution in [0.3, 0.4) is 0 Å². The van der Waals surface area contributed by atoms with Gasteiger partial charge in [-0.15, -0.1) is 0 Å². The van der Waals surface area contributed by atoms with Crippen LogP contribution in [-0.4, -0.2) is 15.9 Å². The highest BCUT2D eigenvalue weighted by molar-refractivity contribution is 5.70. The first-order valence-corrected chi connectivity index (χ1v) is 3.95. The molecule has 0 saturated heterocycles. The zero-order chi connectivity index (χ0) is 8.60. The Bertz CT molecular complexity index is 314. The van der Waals surface area contributed by atoms with Gasteiger partial charge in [-0.2, -0.15) is 5.10 Å². The van der Waals surface area contributed by atoms with Crippen molar-refractivity contribution in [1.29, 1.82) is 0 Å². The lowest BCUT2D eigenvalue weighted by atomic mass is 9.95. The third kappa shape index (κ3) is 1.18. The van der Waals surface area contributed by atoms with Crippen molar-refractivity contribution in [3.05, 3.63) is 24.3 Å². The second-order valence-corrected chi connectivity index (χ2v) is 3.53. The Morgan fingerprint density at radius 1 is 1.42 bits per heavy atom. The number of rotatable bonds is 0. The molecule has 0 spiro atoms. The standard InChI is InChI=1S/C9H11N3/c1-9(2)4-3-8-10-5-6-12(8)11-7-9/h3-7H,1-2H3.